The maximum Gasteiger partial charge on any atom is 0.257 e. The molecule has 0 unspecified atom stereocenters. The number of rotatable bonds is 16. The highest BCUT2D eigenvalue weighted by Crippen LogP contribution is 2.27. The molecule has 3 rings (SSSR count). The minimum Gasteiger partial charge on any atom is -0.497 e. The van der Waals surface area contributed by atoms with Crippen molar-refractivity contribution in [1.82, 2.24) is 9.29 Å². The molecule has 0 radical (unpaired) electrons. The standard InChI is InChI=1S/C29H39N3O4S2/c1-4-6-8-10-20-32(21-11-9-7-5-2)38(34,35)26-18-14-24(15-19-26)28(33)31-29-30-27(22-37-29)23-12-16-25(36-3)17-13-23/h12-19,22H,4-11,20-21H2,1-3H3,(H,30,31,33). The van der Waals surface area contributed by atoms with Crippen LogP contribution in [0, 0.1) is 0 Å². The zero-order valence-electron chi connectivity index (χ0n) is 22.6. The van der Waals surface area contributed by atoms with E-state index in [1.165, 1.54) is 23.5 Å². The SMILES string of the molecule is CCCCCCN(CCCCCC)S(=O)(=O)c1ccc(C(=O)Nc2nc(-c3ccc(OC)cc3)cs2)cc1. The summed E-state index contributed by atoms with van der Waals surface area (Å²) in [6.45, 7) is 5.34. The quantitative estimate of drug-likeness (QED) is 0.188. The molecular weight excluding hydrogens is 518 g/mol. The Morgan fingerprint density at radius 2 is 1.50 bits per heavy atom. The number of nitrogens with one attached hydrogen (secondary N) is 1. The molecule has 0 spiro atoms. The molecule has 1 amide bonds. The van der Waals surface area contributed by atoms with Crippen LogP contribution in [-0.2, 0) is 10.0 Å². The summed E-state index contributed by atoms with van der Waals surface area (Å²) in [6.07, 6.45) is 8.18. The van der Waals surface area contributed by atoms with Crippen LogP contribution in [0.3, 0.4) is 0 Å². The Morgan fingerprint density at radius 3 is 2.05 bits per heavy atom. The van der Waals surface area contributed by atoms with Gasteiger partial charge in [0.1, 0.15) is 5.75 Å². The highest BCUT2D eigenvalue weighted by molar-refractivity contribution is 7.89. The van der Waals surface area contributed by atoms with Gasteiger partial charge in [-0.1, -0.05) is 52.4 Å². The Labute approximate surface area is 231 Å². The zero-order chi connectivity index (χ0) is 27.4. The number of sulfonamides is 1. The van der Waals surface area contributed by atoms with Gasteiger partial charge in [0.15, 0.2) is 5.13 Å². The summed E-state index contributed by atoms with van der Waals surface area (Å²) in [6, 6.07) is 13.7. The first-order valence-electron chi connectivity index (χ1n) is 13.4. The number of benzene rings is 2. The highest BCUT2D eigenvalue weighted by Gasteiger charge is 2.24. The van der Waals surface area contributed by atoms with Crippen molar-refractivity contribution in [2.45, 2.75) is 70.1 Å². The van der Waals surface area contributed by atoms with Gasteiger partial charge in [0.2, 0.25) is 10.0 Å². The largest absolute Gasteiger partial charge is 0.497 e. The molecule has 1 aromatic heterocycles. The first kappa shape index (κ1) is 29.8. The van der Waals surface area contributed by atoms with Crippen LogP contribution in [0.4, 0.5) is 5.13 Å². The number of unbranched alkanes of at least 4 members (excludes halogenated alkanes) is 6. The molecule has 2 aromatic carbocycles. The van der Waals surface area contributed by atoms with E-state index in [1.807, 2.05) is 29.6 Å². The number of methoxy groups -OCH3 is 1. The van der Waals surface area contributed by atoms with Gasteiger partial charge in [-0.3, -0.25) is 10.1 Å². The predicted molar refractivity (Wildman–Crippen MR) is 156 cm³/mol. The first-order chi connectivity index (χ1) is 18.4. The fourth-order valence-corrected chi connectivity index (χ4v) is 6.34. The van der Waals surface area contributed by atoms with Crippen LogP contribution >= 0.6 is 11.3 Å². The predicted octanol–water partition coefficient (Wildman–Crippen LogP) is 7.22. The Balaban J connectivity index is 1.66. The summed E-state index contributed by atoms with van der Waals surface area (Å²) in [5.41, 5.74) is 2.06. The first-order valence-corrected chi connectivity index (χ1v) is 15.7. The third-order valence-electron chi connectivity index (χ3n) is 6.39. The number of ether oxygens (including phenoxy) is 1. The third-order valence-corrected chi connectivity index (χ3v) is 9.06. The Kier molecular flexibility index (Phi) is 11.8. The number of aromatic nitrogens is 1. The maximum absolute atomic E-state index is 13.4. The van der Waals surface area contributed by atoms with Crippen LogP contribution in [0.15, 0.2) is 58.8 Å². The van der Waals surface area contributed by atoms with E-state index in [4.69, 9.17) is 4.74 Å². The van der Waals surface area contributed by atoms with Crippen LogP contribution in [0.2, 0.25) is 0 Å². The molecule has 0 aliphatic heterocycles. The number of hydrogen-bond donors (Lipinski definition) is 1. The number of carbonyl (C=O) groups is 1. The lowest BCUT2D eigenvalue weighted by Gasteiger charge is -2.22. The van der Waals surface area contributed by atoms with Gasteiger partial charge in [-0.05, 0) is 61.4 Å². The second-order valence-corrected chi connectivity index (χ2v) is 12.1. The monoisotopic (exact) mass is 557 g/mol. The fourth-order valence-electron chi connectivity index (χ4n) is 4.10. The summed E-state index contributed by atoms with van der Waals surface area (Å²) in [4.78, 5) is 17.5. The van der Waals surface area contributed by atoms with E-state index >= 15 is 0 Å². The lowest BCUT2D eigenvalue weighted by molar-refractivity contribution is 0.102. The summed E-state index contributed by atoms with van der Waals surface area (Å²) in [5.74, 6) is 0.430. The van der Waals surface area contributed by atoms with Crippen molar-refractivity contribution in [3.8, 4) is 17.0 Å². The van der Waals surface area contributed by atoms with Gasteiger partial charge in [0.25, 0.3) is 5.91 Å². The highest BCUT2D eigenvalue weighted by atomic mass is 32.2. The number of anilines is 1. The topological polar surface area (TPSA) is 88.6 Å². The molecule has 0 aliphatic carbocycles. The van der Waals surface area contributed by atoms with Crippen LogP contribution in [0.5, 0.6) is 5.75 Å². The molecule has 0 fully saturated rings. The number of carbonyl (C=O) groups excluding carboxylic acids is 1. The van der Waals surface area contributed by atoms with Crippen LogP contribution in [0.1, 0.15) is 75.6 Å². The molecule has 0 bridgehead atoms. The van der Waals surface area contributed by atoms with Gasteiger partial charge in [-0.25, -0.2) is 13.4 Å². The van der Waals surface area contributed by atoms with Crippen LogP contribution in [0.25, 0.3) is 11.3 Å². The Morgan fingerprint density at radius 1 is 0.895 bits per heavy atom. The van der Waals surface area contributed by atoms with Gasteiger partial charge in [0.05, 0.1) is 17.7 Å². The molecule has 206 valence electrons. The second-order valence-electron chi connectivity index (χ2n) is 9.27. The van der Waals surface area contributed by atoms with Crippen molar-refractivity contribution < 1.29 is 17.9 Å². The van der Waals surface area contributed by atoms with E-state index in [2.05, 4.69) is 24.1 Å². The van der Waals surface area contributed by atoms with Gasteiger partial charge in [-0.2, -0.15) is 4.31 Å². The van der Waals surface area contributed by atoms with E-state index in [1.54, 1.807) is 23.5 Å². The number of nitrogens with zero attached hydrogens (tertiary/aromatic N) is 2. The molecule has 38 heavy (non-hydrogen) atoms. The molecule has 7 nitrogen and oxygen atoms in total. The summed E-state index contributed by atoms with van der Waals surface area (Å²) >= 11 is 1.33. The average Bonchev–Trinajstić information content (AvgIpc) is 3.40. The van der Waals surface area contributed by atoms with E-state index in [0.29, 0.717) is 23.8 Å². The molecule has 0 saturated heterocycles. The third kappa shape index (κ3) is 8.38. The molecule has 0 saturated carbocycles. The summed E-state index contributed by atoms with van der Waals surface area (Å²) in [7, 11) is -2.01. The van der Waals surface area contributed by atoms with Gasteiger partial charge in [0, 0.05) is 29.6 Å². The van der Waals surface area contributed by atoms with E-state index in [9.17, 15) is 13.2 Å². The lowest BCUT2D eigenvalue weighted by Crippen LogP contribution is -2.33. The molecule has 1 N–H and O–H groups in total. The smallest absolute Gasteiger partial charge is 0.257 e. The van der Waals surface area contributed by atoms with E-state index in [-0.39, 0.29) is 10.8 Å². The minimum atomic E-state index is -3.63. The van der Waals surface area contributed by atoms with E-state index in [0.717, 1.165) is 68.4 Å². The van der Waals surface area contributed by atoms with Crippen molar-refractivity contribution in [3.63, 3.8) is 0 Å². The minimum absolute atomic E-state index is 0.219. The Bertz CT molecular complexity index is 1230. The van der Waals surface area contributed by atoms with Crippen molar-refractivity contribution in [2.24, 2.45) is 0 Å². The van der Waals surface area contributed by atoms with Crippen molar-refractivity contribution in [1.29, 1.82) is 0 Å². The van der Waals surface area contributed by atoms with E-state index < -0.39 is 10.0 Å². The van der Waals surface area contributed by atoms with Crippen molar-refractivity contribution in [3.05, 3.63) is 59.5 Å². The van der Waals surface area contributed by atoms with Crippen LogP contribution in [-0.4, -0.2) is 43.8 Å². The Hall–Kier alpha value is -2.75. The number of hydrogen-bond acceptors (Lipinski definition) is 6. The molecule has 9 heteroatoms. The zero-order valence-corrected chi connectivity index (χ0v) is 24.2. The van der Waals surface area contributed by atoms with Crippen LogP contribution < -0.4 is 10.1 Å². The van der Waals surface area contributed by atoms with Crippen molar-refractivity contribution in [2.75, 3.05) is 25.5 Å². The average molecular weight is 558 g/mol. The molecule has 0 aliphatic rings. The second kappa shape index (κ2) is 15.0. The lowest BCUT2D eigenvalue weighted by atomic mass is 10.2. The summed E-state index contributed by atoms with van der Waals surface area (Å²) in [5, 5.41) is 5.17. The molecule has 3 aromatic rings. The number of amides is 1. The molecule has 0 atom stereocenters. The number of thiazole rings is 1. The summed E-state index contributed by atoms with van der Waals surface area (Å²) < 4.78 is 33.6. The fraction of sp³-hybridized carbons (Fsp3) is 0.448. The normalized spacial score (nSPS) is 11.6. The molecule has 1 heterocycles. The maximum atomic E-state index is 13.4. The van der Waals surface area contributed by atoms with Crippen molar-refractivity contribution >= 4 is 32.4 Å². The van der Waals surface area contributed by atoms with Gasteiger partial charge in [-0.15, -0.1) is 11.3 Å². The van der Waals surface area contributed by atoms with Gasteiger partial charge < -0.3 is 4.74 Å². The molecular formula is C29H39N3O4S2. The van der Waals surface area contributed by atoms with Gasteiger partial charge >= 0.3 is 0 Å².